The molecule has 0 aliphatic carbocycles. The molecule has 0 radical (unpaired) electrons. The van der Waals surface area contributed by atoms with Crippen LogP contribution in [0.25, 0.3) is 0 Å². The zero-order chi connectivity index (χ0) is 16.4. The van der Waals surface area contributed by atoms with Crippen LogP contribution in [0.5, 0.6) is 0 Å². The van der Waals surface area contributed by atoms with Crippen LogP contribution >= 0.6 is 11.3 Å². The van der Waals surface area contributed by atoms with E-state index in [2.05, 4.69) is 0 Å². The highest BCUT2D eigenvalue weighted by molar-refractivity contribution is 7.12. The minimum absolute atomic E-state index is 0.0297. The number of carbonyl (C=O) groups is 2. The molecule has 1 atom stereocenters. The maximum absolute atomic E-state index is 12.8. The Bertz CT molecular complexity index is 564. The number of carbonyl (C=O) groups excluding carboxylic acids is 2. The molecule has 0 spiro atoms. The van der Waals surface area contributed by atoms with Crippen LogP contribution in [-0.4, -0.2) is 58.0 Å². The van der Waals surface area contributed by atoms with Crippen molar-refractivity contribution in [2.75, 3.05) is 19.6 Å². The third-order valence-corrected chi connectivity index (χ3v) is 6.05. The van der Waals surface area contributed by atoms with Gasteiger partial charge in [-0.2, -0.15) is 0 Å². The lowest BCUT2D eigenvalue weighted by Crippen LogP contribution is -2.52. The predicted molar refractivity (Wildman–Crippen MR) is 89.4 cm³/mol. The van der Waals surface area contributed by atoms with E-state index in [0.717, 1.165) is 19.3 Å². The lowest BCUT2D eigenvalue weighted by atomic mass is 9.89. The highest BCUT2D eigenvalue weighted by atomic mass is 32.1. The van der Waals surface area contributed by atoms with Gasteiger partial charge in [-0.1, -0.05) is 13.0 Å². The summed E-state index contributed by atoms with van der Waals surface area (Å²) in [6, 6.07) is 3.34. The van der Waals surface area contributed by atoms with Crippen LogP contribution in [0.2, 0.25) is 0 Å². The fourth-order valence-corrected chi connectivity index (χ4v) is 4.19. The molecule has 23 heavy (non-hydrogen) atoms. The van der Waals surface area contributed by atoms with Crippen LogP contribution in [0.3, 0.4) is 0 Å². The van der Waals surface area contributed by atoms with E-state index in [1.54, 1.807) is 4.90 Å². The number of rotatable bonds is 3. The fraction of sp³-hybridized carbons (Fsp3) is 0.647. The number of thiophene rings is 1. The molecule has 6 heteroatoms. The van der Waals surface area contributed by atoms with E-state index in [1.165, 1.54) is 11.3 Å². The lowest BCUT2D eigenvalue weighted by Gasteiger charge is -2.39. The average Bonchev–Trinajstić information content (AvgIpc) is 3.26. The van der Waals surface area contributed by atoms with E-state index in [1.807, 2.05) is 29.3 Å². The predicted octanol–water partition coefficient (Wildman–Crippen LogP) is 2.12. The maximum atomic E-state index is 12.8. The van der Waals surface area contributed by atoms with Gasteiger partial charge < -0.3 is 14.9 Å². The summed E-state index contributed by atoms with van der Waals surface area (Å²) >= 11 is 1.42. The quantitative estimate of drug-likeness (QED) is 0.920. The van der Waals surface area contributed by atoms with E-state index in [4.69, 9.17) is 0 Å². The first-order valence-corrected chi connectivity index (χ1v) is 9.28. The van der Waals surface area contributed by atoms with Gasteiger partial charge in [-0.3, -0.25) is 9.59 Å². The molecule has 1 aromatic heterocycles. The molecule has 126 valence electrons. The molecule has 3 heterocycles. The highest BCUT2D eigenvalue weighted by Gasteiger charge is 2.39. The summed E-state index contributed by atoms with van der Waals surface area (Å²) in [6.07, 6.45) is 3.59. The van der Waals surface area contributed by atoms with Crippen molar-refractivity contribution in [3.8, 4) is 0 Å². The number of nitrogens with zero attached hydrogens (tertiary/aromatic N) is 2. The highest BCUT2D eigenvalue weighted by Crippen LogP contribution is 2.28. The largest absolute Gasteiger partial charge is 0.390 e. The molecule has 0 unspecified atom stereocenters. The summed E-state index contributed by atoms with van der Waals surface area (Å²) in [6.45, 7) is 3.80. The summed E-state index contributed by atoms with van der Waals surface area (Å²) in [5.41, 5.74) is -0.626. The van der Waals surface area contributed by atoms with Crippen LogP contribution in [-0.2, 0) is 4.79 Å². The van der Waals surface area contributed by atoms with Gasteiger partial charge in [-0.05, 0) is 43.6 Å². The summed E-state index contributed by atoms with van der Waals surface area (Å²) in [7, 11) is 0. The number of piperidine rings is 1. The molecule has 0 aromatic carbocycles. The zero-order valence-electron chi connectivity index (χ0n) is 13.5. The van der Waals surface area contributed by atoms with Gasteiger partial charge in [0.25, 0.3) is 5.91 Å². The number of aliphatic hydroxyl groups is 1. The van der Waals surface area contributed by atoms with Crippen molar-refractivity contribution in [2.24, 2.45) is 0 Å². The normalized spacial score (nSPS) is 24.0. The second kappa shape index (κ2) is 6.61. The molecule has 0 saturated carbocycles. The Hall–Kier alpha value is -1.40. The minimum Gasteiger partial charge on any atom is -0.390 e. The third kappa shape index (κ3) is 3.28. The molecular formula is C17H24N2O3S. The van der Waals surface area contributed by atoms with Gasteiger partial charge in [0.05, 0.1) is 10.5 Å². The maximum Gasteiger partial charge on any atom is 0.264 e. The Balaban J connectivity index is 1.66. The van der Waals surface area contributed by atoms with Crippen molar-refractivity contribution in [1.29, 1.82) is 0 Å². The van der Waals surface area contributed by atoms with Gasteiger partial charge in [-0.25, -0.2) is 0 Å². The number of hydrogen-bond acceptors (Lipinski definition) is 4. The average molecular weight is 336 g/mol. The van der Waals surface area contributed by atoms with Crippen molar-refractivity contribution < 1.29 is 14.7 Å². The van der Waals surface area contributed by atoms with Gasteiger partial charge in [0.2, 0.25) is 5.91 Å². The molecule has 1 aromatic rings. The SMILES string of the molecule is CCC1(O)CCN(C(=O)[C@@H]2CCCN2C(=O)c2cccs2)CC1. The summed E-state index contributed by atoms with van der Waals surface area (Å²) < 4.78 is 0. The fourth-order valence-electron chi connectivity index (χ4n) is 3.52. The third-order valence-electron chi connectivity index (χ3n) is 5.19. The Labute approximate surface area is 140 Å². The molecule has 2 saturated heterocycles. The number of hydrogen-bond donors (Lipinski definition) is 1. The molecule has 1 N–H and O–H groups in total. The van der Waals surface area contributed by atoms with Crippen LogP contribution in [0.4, 0.5) is 0 Å². The van der Waals surface area contributed by atoms with E-state index in [9.17, 15) is 14.7 Å². The number of amides is 2. The monoisotopic (exact) mass is 336 g/mol. The first-order valence-electron chi connectivity index (χ1n) is 8.40. The van der Waals surface area contributed by atoms with Crippen LogP contribution in [0.1, 0.15) is 48.7 Å². The van der Waals surface area contributed by atoms with Crippen molar-refractivity contribution in [3.63, 3.8) is 0 Å². The van der Waals surface area contributed by atoms with Gasteiger partial charge in [0, 0.05) is 19.6 Å². The van der Waals surface area contributed by atoms with E-state index < -0.39 is 5.60 Å². The standard InChI is InChI=1S/C17H24N2O3S/c1-2-17(22)7-10-18(11-8-17)15(20)13-5-3-9-19(13)16(21)14-6-4-12-23-14/h4,6,12-13,22H,2-3,5,7-11H2,1H3/t13-/m0/s1. The van der Waals surface area contributed by atoms with E-state index in [0.29, 0.717) is 37.4 Å². The van der Waals surface area contributed by atoms with Crippen LogP contribution in [0.15, 0.2) is 17.5 Å². The van der Waals surface area contributed by atoms with E-state index in [-0.39, 0.29) is 17.9 Å². The van der Waals surface area contributed by atoms with E-state index >= 15 is 0 Å². The van der Waals surface area contributed by atoms with Gasteiger partial charge >= 0.3 is 0 Å². The first-order chi connectivity index (χ1) is 11.0. The summed E-state index contributed by atoms with van der Waals surface area (Å²) in [4.78, 5) is 29.7. The van der Waals surface area contributed by atoms with Crippen LogP contribution in [0, 0.1) is 0 Å². The van der Waals surface area contributed by atoms with Crippen LogP contribution < -0.4 is 0 Å². The molecule has 2 amide bonds. The minimum atomic E-state index is -0.626. The summed E-state index contributed by atoms with van der Waals surface area (Å²) in [5, 5.41) is 12.2. The summed E-state index contributed by atoms with van der Waals surface area (Å²) in [5.74, 6) is 0.0171. The number of likely N-dealkylation sites (tertiary alicyclic amines) is 2. The second-order valence-corrected chi connectivity index (χ2v) is 7.48. The topological polar surface area (TPSA) is 60.9 Å². The van der Waals surface area contributed by atoms with Gasteiger partial charge in [-0.15, -0.1) is 11.3 Å². The molecule has 2 aliphatic heterocycles. The molecule has 2 fully saturated rings. The molecular weight excluding hydrogens is 312 g/mol. The molecule has 3 rings (SSSR count). The van der Waals surface area contributed by atoms with Gasteiger partial charge in [0.1, 0.15) is 6.04 Å². The molecule has 0 bridgehead atoms. The second-order valence-electron chi connectivity index (χ2n) is 6.54. The first kappa shape index (κ1) is 16.5. The van der Waals surface area contributed by atoms with Crippen molar-refractivity contribution in [3.05, 3.63) is 22.4 Å². The van der Waals surface area contributed by atoms with Crippen molar-refractivity contribution in [2.45, 2.75) is 50.7 Å². The van der Waals surface area contributed by atoms with Gasteiger partial charge in [0.15, 0.2) is 0 Å². The molecule has 5 nitrogen and oxygen atoms in total. The smallest absolute Gasteiger partial charge is 0.264 e. The van der Waals surface area contributed by atoms with Crippen molar-refractivity contribution in [1.82, 2.24) is 9.80 Å². The Morgan fingerprint density at radius 2 is 2.09 bits per heavy atom. The zero-order valence-corrected chi connectivity index (χ0v) is 14.3. The Kier molecular flexibility index (Phi) is 4.73. The van der Waals surface area contributed by atoms with Crippen molar-refractivity contribution >= 4 is 23.2 Å². The Morgan fingerprint density at radius 3 is 2.70 bits per heavy atom. The molecule has 2 aliphatic rings. The Morgan fingerprint density at radius 1 is 1.35 bits per heavy atom. The lowest BCUT2D eigenvalue weighted by molar-refractivity contribution is -0.139.